The summed E-state index contributed by atoms with van der Waals surface area (Å²) < 4.78 is 15.5. The molecular weight excluding hydrogens is 294 g/mol. The van der Waals surface area contributed by atoms with Crippen LogP contribution in [0.2, 0.25) is 0 Å². The maximum atomic E-state index is 12.5. The average Bonchev–Trinajstić information content (AvgIpc) is 2.60. The minimum atomic E-state index is -0.201. The molecule has 2 aromatic rings. The predicted molar refractivity (Wildman–Crippen MR) is 88.4 cm³/mol. The molecule has 5 heteroatoms. The lowest BCUT2D eigenvalue weighted by Crippen LogP contribution is -2.27. The van der Waals surface area contributed by atoms with E-state index in [-0.39, 0.29) is 11.9 Å². The van der Waals surface area contributed by atoms with E-state index in [1.807, 2.05) is 31.2 Å². The molecule has 0 spiro atoms. The van der Waals surface area contributed by atoms with E-state index in [2.05, 4.69) is 5.32 Å². The Labute approximate surface area is 136 Å². The van der Waals surface area contributed by atoms with Gasteiger partial charge in [0, 0.05) is 6.07 Å². The van der Waals surface area contributed by atoms with Crippen LogP contribution in [-0.2, 0) is 0 Å². The summed E-state index contributed by atoms with van der Waals surface area (Å²) in [4.78, 5) is 12.5. The van der Waals surface area contributed by atoms with Gasteiger partial charge in [-0.2, -0.15) is 0 Å². The number of ether oxygens (including phenoxy) is 3. The molecule has 1 N–H and O–H groups in total. The predicted octanol–water partition coefficient (Wildman–Crippen LogP) is 3.20. The van der Waals surface area contributed by atoms with Crippen LogP contribution in [0.5, 0.6) is 17.2 Å². The summed E-state index contributed by atoms with van der Waals surface area (Å²) in [6.45, 7) is 1.93. The van der Waals surface area contributed by atoms with Crippen LogP contribution in [0.3, 0.4) is 0 Å². The van der Waals surface area contributed by atoms with E-state index in [4.69, 9.17) is 14.2 Å². The first-order valence-electron chi connectivity index (χ1n) is 7.26. The Kier molecular flexibility index (Phi) is 5.46. The van der Waals surface area contributed by atoms with Crippen LogP contribution in [0.4, 0.5) is 0 Å². The summed E-state index contributed by atoms with van der Waals surface area (Å²) in [6, 6.07) is 12.6. The van der Waals surface area contributed by atoms with Crippen molar-refractivity contribution in [2.45, 2.75) is 13.0 Å². The molecule has 0 aliphatic heterocycles. The van der Waals surface area contributed by atoms with Gasteiger partial charge in [-0.3, -0.25) is 4.79 Å². The summed E-state index contributed by atoms with van der Waals surface area (Å²) in [5, 5.41) is 2.96. The van der Waals surface area contributed by atoms with Crippen molar-refractivity contribution < 1.29 is 19.0 Å². The molecule has 1 unspecified atom stereocenters. The van der Waals surface area contributed by atoms with Crippen LogP contribution in [0.15, 0.2) is 42.5 Å². The molecule has 0 radical (unpaired) electrons. The van der Waals surface area contributed by atoms with Crippen molar-refractivity contribution in [1.82, 2.24) is 5.32 Å². The van der Waals surface area contributed by atoms with Gasteiger partial charge < -0.3 is 19.5 Å². The van der Waals surface area contributed by atoms with Gasteiger partial charge >= 0.3 is 0 Å². The molecule has 0 aliphatic rings. The summed E-state index contributed by atoms with van der Waals surface area (Å²) in [7, 11) is 4.72. The number of methoxy groups -OCH3 is 3. The SMILES string of the molecule is COc1ccc(C(C)NC(=O)c2ccc(OC)cc2OC)cc1. The van der Waals surface area contributed by atoms with Gasteiger partial charge in [-0.1, -0.05) is 12.1 Å². The Hall–Kier alpha value is -2.69. The average molecular weight is 315 g/mol. The lowest BCUT2D eigenvalue weighted by atomic mass is 10.1. The van der Waals surface area contributed by atoms with Crippen LogP contribution >= 0.6 is 0 Å². The normalized spacial score (nSPS) is 11.5. The zero-order valence-corrected chi connectivity index (χ0v) is 13.8. The third-order valence-corrected chi connectivity index (χ3v) is 3.62. The first-order chi connectivity index (χ1) is 11.1. The highest BCUT2D eigenvalue weighted by Crippen LogP contribution is 2.25. The summed E-state index contributed by atoms with van der Waals surface area (Å²) in [6.07, 6.45) is 0. The van der Waals surface area contributed by atoms with Gasteiger partial charge in [-0.15, -0.1) is 0 Å². The monoisotopic (exact) mass is 315 g/mol. The molecule has 2 aromatic carbocycles. The highest BCUT2D eigenvalue weighted by atomic mass is 16.5. The largest absolute Gasteiger partial charge is 0.497 e. The zero-order valence-electron chi connectivity index (χ0n) is 13.8. The first-order valence-corrected chi connectivity index (χ1v) is 7.26. The Bertz CT molecular complexity index is 667. The Morgan fingerprint density at radius 1 is 0.913 bits per heavy atom. The summed E-state index contributed by atoms with van der Waals surface area (Å²) in [5.74, 6) is 1.70. The van der Waals surface area contributed by atoms with Crippen molar-refractivity contribution >= 4 is 5.91 Å². The molecule has 0 aromatic heterocycles. The second-order valence-corrected chi connectivity index (χ2v) is 5.03. The number of rotatable bonds is 6. The van der Waals surface area contributed by atoms with Crippen molar-refractivity contribution in [3.8, 4) is 17.2 Å². The Balaban J connectivity index is 2.14. The molecule has 0 saturated heterocycles. The summed E-state index contributed by atoms with van der Waals surface area (Å²) >= 11 is 0. The molecule has 2 rings (SSSR count). The van der Waals surface area contributed by atoms with E-state index >= 15 is 0 Å². The molecule has 0 bridgehead atoms. The quantitative estimate of drug-likeness (QED) is 0.889. The third kappa shape index (κ3) is 3.94. The maximum Gasteiger partial charge on any atom is 0.255 e. The van der Waals surface area contributed by atoms with Crippen molar-refractivity contribution in [3.05, 3.63) is 53.6 Å². The van der Waals surface area contributed by atoms with Gasteiger partial charge in [-0.25, -0.2) is 0 Å². The van der Waals surface area contributed by atoms with Gasteiger partial charge in [-0.05, 0) is 36.8 Å². The first kappa shape index (κ1) is 16.7. The van der Waals surface area contributed by atoms with Gasteiger partial charge in [0.05, 0.1) is 32.9 Å². The second-order valence-electron chi connectivity index (χ2n) is 5.03. The van der Waals surface area contributed by atoms with Crippen LogP contribution in [-0.4, -0.2) is 27.2 Å². The number of carbonyl (C=O) groups is 1. The van der Waals surface area contributed by atoms with Crippen molar-refractivity contribution in [2.24, 2.45) is 0 Å². The highest BCUT2D eigenvalue weighted by molar-refractivity contribution is 5.97. The van der Waals surface area contributed by atoms with Crippen molar-refractivity contribution in [2.75, 3.05) is 21.3 Å². The van der Waals surface area contributed by atoms with E-state index in [9.17, 15) is 4.79 Å². The fourth-order valence-corrected chi connectivity index (χ4v) is 2.24. The van der Waals surface area contributed by atoms with Gasteiger partial charge in [0.15, 0.2) is 0 Å². The molecular formula is C18H21NO4. The molecule has 0 heterocycles. The molecule has 5 nitrogen and oxygen atoms in total. The molecule has 122 valence electrons. The number of hydrogen-bond acceptors (Lipinski definition) is 4. The minimum absolute atomic E-state index is 0.139. The third-order valence-electron chi connectivity index (χ3n) is 3.62. The van der Waals surface area contributed by atoms with E-state index in [0.29, 0.717) is 17.1 Å². The van der Waals surface area contributed by atoms with E-state index in [1.54, 1.807) is 32.4 Å². The lowest BCUT2D eigenvalue weighted by Gasteiger charge is -2.16. The van der Waals surface area contributed by atoms with Gasteiger partial charge in [0.1, 0.15) is 17.2 Å². The number of nitrogens with one attached hydrogen (secondary N) is 1. The van der Waals surface area contributed by atoms with E-state index in [0.717, 1.165) is 11.3 Å². The fourth-order valence-electron chi connectivity index (χ4n) is 2.24. The zero-order chi connectivity index (χ0) is 16.8. The Morgan fingerprint density at radius 2 is 1.52 bits per heavy atom. The van der Waals surface area contributed by atoms with Crippen molar-refractivity contribution in [1.29, 1.82) is 0 Å². The molecule has 0 aliphatic carbocycles. The van der Waals surface area contributed by atoms with Crippen LogP contribution in [0.1, 0.15) is 28.9 Å². The van der Waals surface area contributed by atoms with Crippen LogP contribution in [0, 0.1) is 0 Å². The highest BCUT2D eigenvalue weighted by Gasteiger charge is 2.16. The maximum absolute atomic E-state index is 12.5. The standard InChI is InChI=1S/C18H21NO4/c1-12(13-5-7-14(21-2)8-6-13)19-18(20)16-10-9-15(22-3)11-17(16)23-4/h5-12H,1-4H3,(H,19,20). The van der Waals surface area contributed by atoms with Crippen LogP contribution < -0.4 is 19.5 Å². The topological polar surface area (TPSA) is 56.8 Å². The summed E-state index contributed by atoms with van der Waals surface area (Å²) in [5.41, 5.74) is 1.46. The van der Waals surface area contributed by atoms with Gasteiger partial charge in [0.25, 0.3) is 5.91 Å². The molecule has 0 saturated carbocycles. The number of hydrogen-bond donors (Lipinski definition) is 1. The molecule has 23 heavy (non-hydrogen) atoms. The smallest absolute Gasteiger partial charge is 0.255 e. The molecule has 0 fully saturated rings. The molecule has 1 atom stereocenters. The van der Waals surface area contributed by atoms with Crippen molar-refractivity contribution in [3.63, 3.8) is 0 Å². The molecule has 1 amide bonds. The van der Waals surface area contributed by atoms with E-state index < -0.39 is 0 Å². The minimum Gasteiger partial charge on any atom is -0.497 e. The fraction of sp³-hybridized carbons (Fsp3) is 0.278. The van der Waals surface area contributed by atoms with Gasteiger partial charge in [0.2, 0.25) is 0 Å². The number of benzene rings is 2. The van der Waals surface area contributed by atoms with E-state index in [1.165, 1.54) is 7.11 Å². The lowest BCUT2D eigenvalue weighted by molar-refractivity contribution is 0.0937. The van der Waals surface area contributed by atoms with Crippen LogP contribution in [0.25, 0.3) is 0 Å². The Morgan fingerprint density at radius 3 is 2.09 bits per heavy atom. The number of carbonyl (C=O) groups excluding carboxylic acids is 1. The second kappa shape index (κ2) is 7.54. The number of amides is 1.